The average Bonchev–Trinajstić information content (AvgIpc) is 3.90. The van der Waals surface area contributed by atoms with E-state index in [1.54, 1.807) is 0 Å². The van der Waals surface area contributed by atoms with Crippen molar-refractivity contribution in [2.45, 2.75) is 0 Å². The summed E-state index contributed by atoms with van der Waals surface area (Å²) in [6, 6.07) is 51.7. The van der Waals surface area contributed by atoms with Crippen molar-refractivity contribution in [2.24, 2.45) is 0 Å². The third-order valence-electron chi connectivity index (χ3n) is 10.4. The molecule has 12 aromatic rings. The summed E-state index contributed by atoms with van der Waals surface area (Å²) < 4.78 is 11.2. The quantitative estimate of drug-likeness (QED) is 0.192. The van der Waals surface area contributed by atoms with Gasteiger partial charge in [0.1, 0.15) is 16.8 Å². The predicted octanol–water partition coefficient (Wildman–Crippen LogP) is 11.4. The second-order valence-electron chi connectivity index (χ2n) is 13.0. The lowest BCUT2D eigenvalue weighted by Crippen LogP contribution is -2.03. The van der Waals surface area contributed by atoms with E-state index < -0.39 is 0 Å². The van der Waals surface area contributed by atoms with E-state index in [4.69, 9.17) is 14.4 Å². The largest absolute Gasteiger partial charge is 0.452 e. The van der Waals surface area contributed by atoms with Gasteiger partial charge in [0.05, 0.1) is 27.6 Å². The van der Waals surface area contributed by atoms with E-state index >= 15 is 0 Å². The van der Waals surface area contributed by atoms with Crippen LogP contribution < -0.4 is 0 Å². The fraction of sp³-hybridized carbons (Fsp3) is 0. The number of aromatic nitrogens is 4. The van der Waals surface area contributed by atoms with Crippen LogP contribution in [0.4, 0.5) is 0 Å². The van der Waals surface area contributed by atoms with Gasteiger partial charge in [-0.25, -0.2) is 9.97 Å². The molecule has 7 aromatic carbocycles. The fourth-order valence-electron chi connectivity index (χ4n) is 8.38. The van der Waals surface area contributed by atoms with Crippen LogP contribution in [0.2, 0.25) is 0 Å². The standard InChI is InChI=1S/C44H24N4O/c1-2-11-25(12-3-1)39-43-40(32-15-6-9-20-38(32)49-43)46-44(45-39)47-35-18-7-5-14-28(35)34-23-26-21-22-31-30-17-10-16-29-27-13-4-8-19-36(27)48(41(29)30)42(31)33(26)24-37(34)47/h1-24H. The second kappa shape index (κ2) is 9.00. The number of fused-ring (bicyclic) bond motifs is 14. The summed E-state index contributed by atoms with van der Waals surface area (Å²) in [4.78, 5) is 10.6. The lowest BCUT2D eigenvalue weighted by molar-refractivity contribution is 0.666. The van der Waals surface area contributed by atoms with Crippen molar-refractivity contribution in [1.29, 1.82) is 0 Å². The fourth-order valence-corrected chi connectivity index (χ4v) is 8.38. The predicted molar refractivity (Wildman–Crippen MR) is 201 cm³/mol. The SMILES string of the molecule is c1ccc(-c2nc(-n3c4ccccc4c4cc5ccc6c7cccc8c9ccccc9n(c6c5cc43)c87)nc3c2oc2ccccc23)cc1. The lowest BCUT2D eigenvalue weighted by atomic mass is 10.0. The molecule has 0 amide bonds. The van der Waals surface area contributed by atoms with E-state index in [1.807, 2.05) is 36.4 Å². The monoisotopic (exact) mass is 624 g/mol. The first-order chi connectivity index (χ1) is 24.3. The maximum atomic E-state index is 6.44. The van der Waals surface area contributed by atoms with Crippen molar-refractivity contribution in [3.63, 3.8) is 0 Å². The van der Waals surface area contributed by atoms with Crippen molar-refractivity contribution in [2.75, 3.05) is 0 Å². The molecule has 5 nitrogen and oxygen atoms in total. The van der Waals surface area contributed by atoms with E-state index in [0.29, 0.717) is 11.5 Å². The minimum atomic E-state index is 0.619. The first kappa shape index (κ1) is 25.4. The summed E-state index contributed by atoms with van der Waals surface area (Å²) in [6.45, 7) is 0. The highest BCUT2D eigenvalue weighted by molar-refractivity contribution is 6.28. The summed E-state index contributed by atoms with van der Waals surface area (Å²) in [6.07, 6.45) is 0. The van der Waals surface area contributed by atoms with Crippen LogP contribution in [-0.2, 0) is 0 Å². The van der Waals surface area contributed by atoms with Crippen molar-refractivity contribution >= 4 is 92.7 Å². The second-order valence-corrected chi connectivity index (χ2v) is 13.0. The first-order valence-electron chi connectivity index (χ1n) is 16.6. The van der Waals surface area contributed by atoms with Gasteiger partial charge in [-0.05, 0) is 41.8 Å². The van der Waals surface area contributed by atoms with Crippen LogP contribution in [0.25, 0.3) is 110 Å². The molecular weight excluding hydrogens is 601 g/mol. The molecule has 0 radical (unpaired) electrons. The highest BCUT2D eigenvalue weighted by Crippen LogP contribution is 2.44. The molecule has 0 aliphatic carbocycles. The number of para-hydroxylation sites is 4. The van der Waals surface area contributed by atoms with Crippen molar-refractivity contribution in [3.8, 4) is 17.2 Å². The zero-order chi connectivity index (χ0) is 31.8. The summed E-state index contributed by atoms with van der Waals surface area (Å²) in [5, 5.41) is 10.8. The molecule has 0 aliphatic rings. The number of furan rings is 1. The Morgan fingerprint density at radius 1 is 0.449 bits per heavy atom. The minimum Gasteiger partial charge on any atom is -0.452 e. The zero-order valence-electron chi connectivity index (χ0n) is 26.1. The van der Waals surface area contributed by atoms with Gasteiger partial charge < -0.3 is 8.82 Å². The zero-order valence-corrected chi connectivity index (χ0v) is 26.1. The van der Waals surface area contributed by atoms with E-state index in [9.17, 15) is 0 Å². The minimum absolute atomic E-state index is 0.619. The maximum Gasteiger partial charge on any atom is 0.236 e. The van der Waals surface area contributed by atoms with Gasteiger partial charge in [-0.2, -0.15) is 0 Å². The van der Waals surface area contributed by atoms with Gasteiger partial charge in [0.2, 0.25) is 5.95 Å². The molecule has 0 saturated carbocycles. The molecule has 0 spiro atoms. The van der Waals surface area contributed by atoms with Gasteiger partial charge in [0, 0.05) is 48.7 Å². The van der Waals surface area contributed by atoms with Gasteiger partial charge >= 0.3 is 0 Å². The van der Waals surface area contributed by atoms with Crippen LogP contribution in [-0.4, -0.2) is 18.9 Å². The molecule has 226 valence electrons. The van der Waals surface area contributed by atoms with Gasteiger partial charge in [0.25, 0.3) is 0 Å². The molecule has 0 fully saturated rings. The molecule has 12 rings (SSSR count). The lowest BCUT2D eigenvalue weighted by Gasteiger charge is -2.10. The summed E-state index contributed by atoms with van der Waals surface area (Å²) in [7, 11) is 0. The molecule has 5 heteroatoms. The molecule has 0 aliphatic heterocycles. The summed E-state index contributed by atoms with van der Waals surface area (Å²) in [5.74, 6) is 0.619. The third kappa shape index (κ3) is 3.19. The molecule has 0 unspecified atom stereocenters. The Morgan fingerprint density at radius 3 is 1.96 bits per heavy atom. The van der Waals surface area contributed by atoms with E-state index in [0.717, 1.165) is 38.8 Å². The van der Waals surface area contributed by atoms with Crippen LogP contribution in [0.5, 0.6) is 0 Å². The van der Waals surface area contributed by atoms with Gasteiger partial charge in [0.15, 0.2) is 5.58 Å². The Bertz CT molecular complexity index is 3330. The molecule has 5 aromatic heterocycles. The van der Waals surface area contributed by atoms with Crippen molar-refractivity contribution < 1.29 is 4.42 Å². The van der Waals surface area contributed by atoms with Crippen molar-refractivity contribution in [1.82, 2.24) is 18.9 Å². The smallest absolute Gasteiger partial charge is 0.236 e. The summed E-state index contributed by atoms with van der Waals surface area (Å²) in [5.41, 5.74) is 9.93. The third-order valence-corrected chi connectivity index (χ3v) is 10.4. The Kier molecular flexibility index (Phi) is 4.66. The Morgan fingerprint density at radius 2 is 1.10 bits per heavy atom. The van der Waals surface area contributed by atoms with Crippen LogP contribution >= 0.6 is 0 Å². The molecule has 0 atom stereocenters. The number of benzene rings is 7. The topological polar surface area (TPSA) is 48.3 Å². The molecule has 5 heterocycles. The van der Waals surface area contributed by atoms with E-state index in [1.165, 1.54) is 59.6 Å². The van der Waals surface area contributed by atoms with Gasteiger partial charge in [-0.15, -0.1) is 0 Å². The first-order valence-corrected chi connectivity index (χ1v) is 16.6. The normalized spacial score (nSPS) is 12.5. The van der Waals surface area contributed by atoms with Crippen LogP contribution in [0.15, 0.2) is 150 Å². The van der Waals surface area contributed by atoms with E-state index in [2.05, 4.69) is 118 Å². The highest BCUT2D eigenvalue weighted by atomic mass is 16.3. The van der Waals surface area contributed by atoms with Crippen LogP contribution in [0.3, 0.4) is 0 Å². The van der Waals surface area contributed by atoms with Gasteiger partial charge in [-0.3, -0.25) is 4.57 Å². The Labute approximate surface area is 278 Å². The summed E-state index contributed by atoms with van der Waals surface area (Å²) >= 11 is 0. The number of hydrogen-bond donors (Lipinski definition) is 0. The molecular formula is C44H24N4O. The van der Waals surface area contributed by atoms with E-state index in [-0.39, 0.29) is 0 Å². The maximum absolute atomic E-state index is 6.44. The number of nitrogens with zero attached hydrogens (tertiary/aromatic N) is 4. The number of hydrogen-bond acceptors (Lipinski definition) is 3. The molecule has 49 heavy (non-hydrogen) atoms. The molecule has 0 saturated heterocycles. The Balaban J connectivity index is 1.27. The van der Waals surface area contributed by atoms with Crippen molar-refractivity contribution in [3.05, 3.63) is 146 Å². The van der Waals surface area contributed by atoms with Gasteiger partial charge in [-0.1, -0.05) is 109 Å². The number of rotatable bonds is 2. The molecule has 0 N–H and O–H groups in total. The average molecular weight is 625 g/mol. The Hall–Kier alpha value is -6.72. The van der Waals surface area contributed by atoms with Crippen LogP contribution in [0.1, 0.15) is 0 Å². The van der Waals surface area contributed by atoms with Crippen LogP contribution in [0, 0.1) is 0 Å². The molecule has 0 bridgehead atoms. The highest BCUT2D eigenvalue weighted by Gasteiger charge is 2.23.